The van der Waals surface area contributed by atoms with Gasteiger partial charge in [-0.25, -0.2) is 4.99 Å². The van der Waals surface area contributed by atoms with Gasteiger partial charge in [0.1, 0.15) is 0 Å². The fourth-order valence-electron chi connectivity index (χ4n) is 1.36. The number of aliphatic imine (C=N–C) groups is 1. The smallest absolute Gasteiger partial charge is 0.181 e. The number of nitrogens with two attached hydrogens (primary N) is 1. The molecule has 0 amide bonds. The van der Waals surface area contributed by atoms with Crippen molar-refractivity contribution in [1.82, 2.24) is 9.97 Å². The summed E-state index contributed by atoms with van der Waals surface area (Å²) in [4.78, 5) is 11.6. The first kappa shape index (κ1) is 12.6. The van der Waals surface area contributed by atoms with Gasteiger partial charge in [0.05, 0.1) is 0 Å². The van der Waals surface area contributed by atoms with Gasteiger partial charge in [-0.3, -0.25) is 9.97 Å². The molecule has 0 spiro atoms. The predicted octanol–water partition coefficient (Wildman–Crippen LogP) is 1.24. The summed E-state index contributed by atoms with van der Waals surface area (Å²) in [6, 6.07) is 7.04. The number of amidine groups is 2. The van der Waals surface area contributed by atoms with Crippen LogP contribution in [0, 0.1) is 0 Å². The van der Waals surface area contributed by atoms with E-state index in [1.165, 1.54) is 0 Å². The second-order valence-electron chi connectivity index (χ2n) is 3.54. The molecule has 0 unspecified atom stereocenters. The first-order chi connectivity index (χ1) is 9.31. The first-order valence-corrected chi connectivity index (χ1v) is 5.50. The molecule has 19 heavy (non-hydrogen) atoms. The molecule has 0 saturated carbocycles. The predicted molar refractivity (Wildman–Crippen MR) is 75.3 cm³/mol. The number of rotatable bonds is 3. The maximum atomic E-state index is 5.82. The Hall–Kier alpha value is -2.89. The summed E-state index contributed by atoms with van der Waals surface area (Å²) in [6.45, 7) is 3.47. The third kappa shape index (κ3) is 3.29. The standard InChI is InChI=1S/C13H12N6/c1-15-13(11-4-8-17-9-5-11)19-18-12(14)10-2-6-16-7-3-10/h2-9H,1H2,(H2,14,18)/b19-13-. The Bertz CT molecular complexity index is 604. The third-order valence-electron chi connectivity index (χ3n) is 2.32. The highest BCUT2D eigenvalue weighted by Crippen LogP contribution is 2.02. The summed E-state index contributed by atoms with van der Waals surface area (Å²) in [5.74, 6) is 0.678. The van der Waals surface area contributed by atoms with Crippen LogP contribution in [0.2, 0.25) is 0 Å². The number of aromatic nitrogens is 2. The Balaban J connectivity index is 2.27. The first-order valence-electron chi connectivity index (χ1n) is 5.50. The van der Waals surface area contributed by atoms with Crippen molar-refractivity contribution in [1.29, 1.82) is 0 Å². The summed E-state index contributed by atoms with van der Waals surface area (Å²) < 4.78 is 0. The molecule has 0 bridgehead atoms. The minimum absolute atomic E-state index is 0.289. The summed E-state index contributed by atoms with van der Waals surface area (Å²) in [5, 5.41) is 7.93. The van der Waals surface area contributed by atoms with Crippen LogP contribution in [0.1, 0.15) is 11.1 Å². The van der Waals surface area contributed by atoms with Gasteiger partial charge in [0.25, 0.3) is 0 Å². The number of nitrogens with zero attached hydrogens (tertiary/aromatic N) is 5. The van der Waals surface area contributed by atoms with Crippen LogP contribution in [0.4, 0.5) is 0 Å². The van der Waals surface area contributed by atoms with E-state index in [0.29, 0.717) is 5.84 Å². The Kier molecular flexibility index (Phi) is 4.07. The molecule has 2 aromatic rings. The largest absolute Gasteiger partial charge is 0.382 e. The lowest BCUT2D eigenvalue weighted by Crippen LogP contribution is -2.13. The monoisotopic (exact) mass is 252 g/mol. The summed E-state index contributed by atoms with van der Waals surface area (Å²) in [7, 11) is 0. The van der Waals surface area contributed by atoms with Crippen molar-refractivity contribution in [2.24, 2.45) is 20.9 Å². The highest BCUT2D eigenvalue weighted by atomic mass is 15.3. The molecule has 2 rings (SSSR count). The summed E-state index contributed by atoms with van der Waals surface area (Å²) in [5.41, 5.74) is 7.34. The SMILES string of the molecule is C=N/C(=N\N=C(/N)c1ccncc1)c1ccncc1. The second kappa shape index (κ2) is 6.15. The van der Waals surface area contributed by atoms with Gasteiger partial charge in [-0.1, -0.05) is 0 Å². The van der Waals surface area contributed by atoms with Crippen molar-refractivity contribution in [2.45, 2.75) is 0 Å². The van der Waals surface area contributed by atoms with Gasteiger partial charge in [-0.05, 0) is 31.0 Å². The lowest BCUT2D eigenvalue weighted by molar-refractivity contribution is 1.20. The highest BCUT2D eigenvalue weighted by molar-refractivity contribution is 6.02. The van der Waals surface area contributed by atoms with E-state index in [1.807, 2.05) is 0 Å². The summed E-state index contributed by atoms with van der Waals surface area (Å²) >= 11 is 0. The van der Waals surface area contributed by atoms with Crippen LogP contribution in [0.15, 0.2) is 64.2 Å². The van der Waals surface area contributed by atoms with E-state index in [9.17, 15) is 0 Å². The van der Waals surface area contributed by atoms with Crippen LogP contribution in [0.3, 0.4) is 0 Å². The average Bonchev–Trinajstić information content (AvgIpc) is 2.49. The second-order valence-corrected chi connectivity index (χ2v) is 3.54. The maximum absolute atomic E-state index is 5.82. The maximum Gasteiger partial charge on any atom is 0.181 e. The van der Waals surface area contributed by atoms with E-state index in [0.717, 1.165) is 11.1 Å². The van der Waals surface area contributed by atoms with Gasteiger partial charge in [0, 0.05) is 35.9 Å². The molecular formula is C13H12N6. The molecule has 0 saturated heterocycles. The molecule has 0 aromatic carbocycles. The Labute approximate surface area is 110 Å². The minimum atomic E-state index is 0.289. The van der Waals surface area contributed by atoms with Gasteiger partial charge in [0.2, 0.25) is 0 Å². The van der Waals surface area contributed by atoms with Crippen LogP contribution >= 0.6 is 0 Å². The molecule has 0 fully saturated rings. The average molecular weight is 252 g/mol. The van der Waals surface area contributed by atoms with Gasteiger partial charge >= 0.3 is 0 Å². The number of hydrogen-bond acceptors (Lipinski definition) is 4. The van der Waals surface area contributed by atoms with E-state index in [2.05, 4.69) is 31.9 Å². The molecule has 2 heterocycles. The minimum Gasteiger partial charge on any atom is -0.382 e. The normalized spacial score (nSPS) is 12.2. The quantitative estimate of drug-likeness (QED) is 0.506. The van der Waals surface area contributed by atoms with E-state index >= 15 is 0 Å². The highest BCUT2D eigenvalue weighted by Gasteiger charge is 2.00. The fraction of sp³-hybridized carbons (Fsp3) is 0. The molecule has 0 aliphatic rings. The van der Waals surface area contributed by atoms with Crippen molar-refractivity contribution in [3.8, 4) is 0 Å². The lowest BCUT2D eigenvalue weighted by Gasteiger charge is -1.99. The van der Waals surface area contributed by atoms with Crippen molar-refractivity contribution in [2.75, 3.05) is 0 Å². The zero-order chi connectivity index (χ0) is 13.5. The van der Waals surface area contributed by atoms with Crippen molar-refractivity contribution < 1.29 is 0 Å². The van der Waals surface area contributed by atoms with E-state index < -0.39 is 0 Å². The van der Waals surface area contributed by atoms with Gasteiger partial charge in [0.15, 0.2) is 11.7 Å². The molecule has 0 aliphatic heterocycles. The number of pyridine rings is 2. The molecular weight excluding hydrogens is 240 g/mol. The van der Waals surface area contributed by atoms with E-state index in [-0.39, 0.29) is 5.84 Å². The Morgan fingerprint density at radius 1 is 0.895 bits per heavy atom. The molecule has 6 nitrogen and oxygen atoms in total. The van der Waals surface area contributed by atoms with Gasteiger partial charge in [-0.15, -0.1) is 10.2 Å². The third-order valence-corrected chi connectivity index (χ3v) is 2.32. The van der Waals surface area contributed by atoms with Gasteiger partial charge in [-0.2, -0.15) is 0 Å². The van der Waals surface area contributed by atoms with E-state index in [1.54, 1.807) is 49.1 Å². The molecule has 0 radical (unpaired) electrons. The van der Waals surface area contributed by atoms with Crippen LogP contribution in [0.5, 0.6) is 0 Å². The van der Waals surface area contributed by atoms with Crippen molar-refractivity contribution in [3.05, 3.63) is 60.2 Å². The lowest BCUT2D eigenvalue weighted by atomic mass is 10.2. The number of hydrogen-bond donors (Lipinski definition) is 1. The molecule has 0 aliphatic carbocycles. The van der Waals surface area contributed by atoms with Crippen LogP contribution in [0.25, 0.3) is 0 Å². The molecule has 0 atom stereocenters. The molecule has 2 aromatic heterocycles. The van der Waals surface area contributed by atoms with E-state index in [4.69, 9.17) is 5.73 Å². The van der Waals surface area contributed by atoms with Crippen molar-refractivity contribution in [3.63, 3.8) is 0 Å². The van der Waals surface area contributed by atoms with Crippen LogP contribution in [-0.2, 0) is 0 Å². The Morgan fingerprint density at radius 3 is 1.95 bits per heavy atom. The topological polar surface area (TPSA) is 88.9 Å². The zero-order valence-electron chi connectivity index (χ0n) is 10.1. The van der Waals surface area contributed by atoms with Crippen molar-refractivity contribution >= 4 is 18.4 Å². The molecule has 2 N–H and O–H groups in total. The summed E-state index contributed by atoms with van der Waals surface area (Å²) in [6.07, 6.45) is 6.56. The molecule has 6 heteroatoms. The van der Waals surface area contributed by atoms with Crippen LogP contribution in [-0.4, -0.2) is 28.4 Å². The Morgan fingerprint density at radius 2 is 1.42 bits per heavy atom. The fourth-order valence-corrected chi connectivity index (χ4v) is 1.36. The molecule has 94 valence electrons. The van der Waals surface area contributed by atoms with Crippen LogP contribution < -0.4 is 5.73 Å². The van der Waals surface area contributed by atoms with Gasteiger partial charge < -0.3 is 5.73 Å². The zero-order valence-corrected chi connectivity index (χ0v) is 10.1.